The highest BCUT2D eigenvalue weighted by Crippen LogP contribution is 2.43. The first kappa shape index (κ1) is 19.5. The molecule has 1 saturated carbocycles. The molecule has 2 aromatic rings. The fourth-order valence-corrected chi connectivity index (χ4v) is 3.98. The lowest BCUT2D eigenvalue weighted by Gasteiger charge is -2.38. The third-order valence-electron chi connectivity index (χ3n) is 5.58. The zero-order valence-corrected chi connectivity index (χ0v) is 16.5. The smallest absolute Gasteiger partial charge is 0.194 e. The van der Waals surface area contributed by atoms with Gasteiger partial charge in [-0.3, -0.25) is 4.99 Å². The van der Waals surface area contributed by atoms with Crippen LogP contribution < -0.4 is 10.2 Å². The molecule has 2 N–H and O–H groups in total. The fourth-order valence-electron chi connectivity index (χ4n) is 3.98. The van der Waals surface area contributed by atoms with Gasteiger partial charge in [0, 0.05) is 50.2 Å². The monoisotopic (exact) mass is 400 g/mol. The minimum atomic E-state index is -0.482. The summed E-state index contributed by atoms with van der Waals surface area (Å²) in [7, 11) is 0. The quantitative estimate of drug-likeness (QED) is 0.611. The molecule has 4 rings (SSSR count). The van der Waals surface area contributed by atoms with Crippen LogP contribution in [0.4, 0.5) is 14.5 Å². The van der Waals surface area contributed by atoms with E-state index in [1.807, 2.05) is 25.1 Å². The minimum Gasteiger partial charge on any atom is -0.506 e. The van der Waals surface area contributed by atoms with E-state index < -0.39 is 11.6 Å². The van der Waals surface area contributed by atoms with Crippen molar-refractivity contribution in [2.24, 2.45) is 4.99 Å². The number of hydrogen-bond donors (Lipinski definition) is 2. The number of aromatic hydroxyl groups is 1. The lowest BCUT2D eigenvalue weighted by molar-refractivity contribution is 0.368. The van der Waals surface area contributed by atoms with Gasteiger partial charge in [-0.25, -0.2) is 8.78 Å². The second-order valence-electron chi connectivity index (χ2n) is 7.49. The van der Waals surface area contributed by atoms with Crippen molar-refractivity contribution in [3.63, 3.8) is 0 Å². The predicted octanol–water partition coefficient (Wildman–Crippen LogP) is 3.31. The van der Waals surface area contributed by atoms with Crippen LogP contribution in [0, 0.1) is 11.6 Å². The van der Waals surface area contributed by atoms with Gasteiger partial charge in [0.05, 0.1) is 5.69 Å². The summed E-state index contributed by atoms with van der Waals surface area (Å²) in [5.74, 6) is -0.0575. The van der Waals surface area contributed by atoms with Crippen LogP contribution in [0.5, 0.6) is 5.75 Å². The van der Waals surface area contributed by atoms with Crippen LogP contribution in [0.2, 0.25) is 0 Å². The van der Waals surface area contributed by atoms with E-state index in [2.05, 4.69) is 20.1 Å². The van der Waals surface area contributed by atoms with Gasteiger partial charge in [0.2, 0.25) is 0 Å². The maximum absolute atomic E-state index is 14.1. The van der Waals surface area contributed by atoms with Crippen molar-refractivity contribution in [3.8, 4) is 5.75 Å². The fraction of sp³-hybridized carbons (Fsp3) is 0.409. The van der Waals surface area contributed by atoms with Crippen molar-refractivity contribution in [2.45, 2.75) is 25.3 Å². The van der Waals surface area contributed by atoms with Gasteiger partial charge in [-0.05, 0) is 37.6 Å². The van der Waals surface area contributed by atoms with Crippen LogP contribution >= 0.6 is 0 Å². The van der Waals surface area contributed by atoms with E-state index >= 15 is 0 Å². The summed E-state index contributed by atoms with van der Waals surface area (Å²) in [4.78, 5) is 8.92. The summed E-state index contributed by atoms with van der Waals surface area (Å²) >= 11 is 0. The van der Waals surface area contributed by atoms with Crippen molar-refractivity contribution in [1.82, 2.24) is 10.2 Å². The Labute approximate surface area is 169 Å². The van der Waals surface area contributed by atoms with Crippen LogP contribution in [0.1, 0.15) is 24.8 Å². The highest BCUT2D eigenvalue weighted by Gasteiger charge is 2.43. The van der Waals surface area contributed by atoms with Crippen molar-refractivity contribution < 1.29 is 13.9 Å². The zero-order valence-electron chi connectivity index (χ0n) is 16.5. The van der Waals surface area contributed by atoms with Crippen LogP contribution in [0.25, 0.3) is 0 Å². The van der Waals surface area contributed by atoms with Gasteiger partial charge < -0.3 is 20.2 Å². The van der Waals surface area contributed by atoms with Gasteiger partial charge >= 0.3 is 0 Å². The van der Waals surface area contributed by atoms with Crippen LogP contribution in [-0.2, 0) is 0 Å². The molecule has 2 aliphatic rings. The Balaban J connectivity index is 1.39. The maximum atomic E-state index is 14.1. The van der Waals surface area contributed by atoms with Crippen LogP contribution in [0.15, 0.2) is 47.5 Å². The third kappa shape index (κ3) is 4.13. The van der Waals surface area contributed by atoms with Gasteiger partial charge in [-0.2, -0.15) is 0 Å². The van der Waals surface area contributed by atoms with E-state index in [-0.39, 0.29) is 23.3 Å². The molecule has 0 radical (unpaired) electrons. The number of halogens is 2. The number of guanidine groups is 1. The summed E-state index contributed by atoms with van der Waals surface area (Å²) < 4.78 is 28.1. The molecular weight excluding hydrogens is 374 g/mol. The Hall–Kier alpha value is -2.83. The number of anilines is 1. The Kier molecular flexibility index (Phi) is 5.56. The first-order valence-electron chi connectivity index (χ1n) is 10.1. The average molecular weight is 400 g/mol. The molecule has 0 aromatic heterocycles. The zero-order chi connectivity index (χ0) is 20.4. The Morgan fingerprint density at radius 2 is 1.76 bits per heavy atom. The van der Waals surface area contributed by atoms with E-state index in [0.29, 0.717) is 13.0 Å². The summed E-state index contributed by atoms with van der Waals surface area (Å²) in [5.41, 5.74) is 1.01. The molecule has 0 amide bonds. The molecule has 1 saturated heterocycles. The molecule has 2 unspecified atom stereocenters. The lowest BCUT2D eigenvalue weighted by atomic mass is 10.1. The molecule has 7 heteroatoms. The number of phenols is 1. The molecule has 0 spiro atoms. The predicted molar refractivity (Wildman–Crippen MR) is 111 cm³/mol. The number of rotatable bonds is 4. The number of nitrogens with one attached hydrogen (secondary N) is 1. The lowest BCUT2D eigenvalue weighted by Crippen LogP contribution is -2.53. The first-order valence-corrected chi connectivity index (χ1v) is 10.1. The first-order chi connectivity index (χ1) is 14.1. The maximum Gasteiger partial charge on any atom is 0.194 e. The number of nitrogens with zero attached hydrogens (tertiary/aromatic N) is 3. The molecule has 2 aromatic carbocycles. The topological polar surface area (TPSA) is 51.1 Å². The summed E-state index contributed by atoms with van der Waals surface area (Å²) in [5, 5.41) is 13.5. The third-order valence-corrected chi connectivity index (χ3v) is 5.58. The number of aliphatic imine (C=N–C) groups is 1. The number of piperazine rings is 1. The van der Waals surface area contributed by atoms with Crippen molar-refractivity contribution in [3.05, 3.63) is 59.7 Å². The largest absolute Gasteiger partial charge is 0.506 e. The molecule has 0 bridgehead atoms. The Morgan fingerprint density at radius 3 is 2.41 bits per heavy atom. The molecular formula is C22H26F2N4O. The molecule has 1 aliphatic carbocycles. The second kappa shape index (κ2) is 8.27. The van der Waals surface area contributed by atoms with Crippen LogP contribution in [0.3, 0.4) is 0 Å². The average Bonchev–Trinajstić information content (AvgIpc) is 3.47. The highest BCUT2D eigenvalue weighted by molar-refractivity contribution is 5.81. The SMILES string of the molecule is CCN=C(NC1CC1c1c(F)cccc1F)N1CCN(c2ccccc2O)CC1. The molecule has 154 valence electrons. The molecule has 1 aliphatic heterocycles. The number of para-hydroxylation sites is 2. The van der Waals surface area contributed by atoms with Gasteiger partial charge in [0.25, 0.3) is 0 Å². The number of benzene rings is 2. The molecule has 29 heavy (non-hydrogen) atoms. The number of hydrogen-bond acceptors (Lipinski definition) is 3. The minimum absolute atomic E-state index is 0.0112. The summed E-state index contributed by atoms with van der Waals surface area (Å²) in [6.45, 7) is 5.64. The normalized spacial score (nSPS) is 22.0. The van der Waals surface area contributed by atoms with Crippen molar-refractivity contribution >= 4 is 11.6 Å². The second-order valence-corrected chi connectivity index (χ2v) is 7.49. The van der Waals surface area contributed by atoms with Crippen LogP contribution in [-0.4, -0.2) is 54.7 Å². The van der Waals surface area contributed by atoms with Crippen molar-refractivity contribution in [2.75, 3.05) is 37.6 Å². The van der Waals surface area contributed by atoms with E-state index in [0.717, 1.165) is 37.8 Å². The highest BCUT2D eigenvalue weighted by atomic mass is 19.1. The summed E-state index contributed by atoms with van der Waals surface area (Å²) in [6.07, 6.45) is 0.693. The van der Waals surface area contributed by atoms with E-state index in [4.69, 9.17) is 0 Å². The van der Waals surface area contributed by atoms with E-state index in [9.17, 15) is 13.9 Å². The molecule has 2 atom stereocenters. The van der Waals surface area contributed by atoms with Gasteiger partial charge in [0.1, 0.15) is 17.4 Å². The van der Waals surface area contributed by atoms with E-state index in [1.165, 1.54) is 18.2 Å². The molecule has 2 fully saturated rings. The van der Waals surface area contributed by atoms with Crippen molar-refractivity contribution in [1.29, 1.82) is 0 Å². The Morgan fingerprint density at radius 1 is 1.07 bits per heavy atom. The summed E-state index contributed by atoms with van der Waals surface area (Å²) in [6, 6.07) is 11.4. The van der Waals surface area contributed by atoms with Gasteiger partial charge in [0.15, 0.2) is 5.96 Å². The van der Waals surface area contributed by atoms with Gasteiger partial charge in [-0.15, -0.1) is 0 Å². The molecule has 1 heterocycles. The standard InChI is InChI=1S/C22H26F2N4O/c1-2-25-22(26-18-14-15(18)21-16(23)6-5-7-17(21)24)28-12-10-27(11-13-28)19-8-3-4-9-20(19)29/h3-9,15,18,29H,2,10-14H2,1H3,(H,25,26). The Bertz CT molecular complexity index is 876. The molecule has 5 nitrogen and oxygen atoms in total. The van der Waals surface area contributed by atoms with E-state index in [1.54, 1.807) is 6.07 Å². The van der Waals surface area contributed by atoms with Gasteiger partial charge in [-0.1, -0.05) is 18.2 Å². The number of phenolic OH excluding ortho intramolecular Hbond substituents is 1.